The van der Waals surface area contributed by atoms with Gasteiger partial charge in [0.25, 0.3) is 0 Å². The van der Waals surface area contributed by atoms with E-state index >= 15 is 0 Å². The largest absolute Gasteiger partial charge is 0.322 e. The van der Waals surface area contributed by atoms with Gasteiger partial charge in [-0.1, -0.05) is 6.07 Å². The molecule has 0 saturated heterocycles. The van der Waals surface area contributed by atoms with E-state index in [0.717, 1.165) is 27.6 Å². The molecule has 3 aromatic heterocycles. The Morgan fingerprint density at radius 1 is 1.23 bits per heavy atom. The summed E-state index contributed by atoms with van der Waals surface area (Å²) in [5.41, 5.74) is 4.37. The van der Waals surface area contributed by atoms with E-state index in [4.69, 9.17) is 0 Å². The van der Waals surface area contributed by atoms with Crippen molar-refractivity contribution in [1.29, 1.82) is 0 Å². The van der Waals surface area contributed by atoms with Gasteiger partial charge in [0.05, 0.1) is 23.6 Å². The molecule has 0 unspecified atom stereocenters. The molecule has 0 radical (unpaired) electrons. The molecule has 0 aliphatic heterocycles. The summed E-state index contributed by atoms with van der Waals surface area (Å²) in [5.74, 6) is -0.223. The van der Waals surface area contributed by atoms with Gasteiger partial charge in [0.15, 0.2) is 0 Å². The van der Waals surface area contributed by atoms with E-state index < -0.39 is 0 Å². The van der Waals surface area contributed by atoms with Gasteiger partial charge in [0, 0.05) is 48.2 Å². The Hall–Kier alpha value is -3.74. The molecule has 0 aliphatic carbocycles. The maximum Gasteiger partial charge on any atom is 0.248 e. The average molecular weight is 344 g/mol. The fourth-order valence-electron chi connectivity index (χ4n) is 2.78. The highest BCUT2D eigenvalue weighted by molar-refractivity contribution is 6.07. The zero-order valence-electron chi connectivity index (χ0n) is 14.0. The number of aromatic nitrogens is 5. The number of carbonyl (C=O) groups excluding carboxylic acids is 1. The van der Waals surface area contributed by atoms with Crippen molar-refractivity contribution >= 4 is 28.6 Å². The fraction of sp³-hybridized carbons (Fsp3) is 0.0526. The van der Waals surface area contributed by atoms with Crippen LogP contribution in [0.5, 0.6) is 0 Å². The summed E-state index contributed by atoms with van der Waals surface area (Å²) in [6.45, 7) is 0. The highest BCUT2D eigenvalue weighted by Gasteiger charge is 2.07. The van der Waals surface area contributed by atoms with E-state index in [9.17, 15) is 4.79 Å². The Labute approximate surface area is 149 Å². The zero-order chi connectivity index (χ0) is 17.9. The monoisotopic (exact) mass is 344 g/mol. The van der Waals surface area contributed by atoms with E-state index in [-0.39, 0.29) is 5.91 Å². The van der Waals surface area contributed by atoms with E-state index in [0.29, 0.717) is 5.69 Å². The molecule has 0 saturated carbocycles. The van der Waals surface area contributed by atoms with Crippen molar-refractivity contribution in [2.24, 2.45) is 7.05 Å². The first kappa shape index (κ1) is 15.8. The quantitative estimate of drug-likeness (QED) is 0.557. The fourth-order valence-corrected chi connectivity index (χ4v) is 2.78. The molecule has 3 heterocycles. The van der Waals surface area contributed by atoms with Crippen molar-refractivity contribution in [2.45, 2.75) is 0 Å². The number of H-pyrrole nitrogens is 1. The predicted molar refractivity (Wildman–Crippen MR) is 100 cm³/mol. The molecular formula is C19H16N6O. The highest BCUT2D eigenvalue weighted by atomic mass is 16.1. The normalized spacial score (nSPS) is 11.3. The third-order valence-electron chi connectivity index (χ3n) is 4.02. The molecule has 4 rings (SSSR count). The van der Waals surface area contributed by atoms with Crippen LogP contribution in [0.1, 0.15) is 5.56 Å². The van der Waals surface area contributed by atoms with Crippen LogP contribution in [0.25, 0.3) is 28.1 Å². The van der Waals surface area contributed by atoms with Crippen LogP contribution in [0.3, 0.4) is 0 Å². The molecule has 7 nitrogen and oxygen atoms in total. The summed E-state index contributed by atoms with van der Waals surface area (Å²) >= 11 is 0. The van der Waals surface area contributed by atoms with Gasteiger partial charge >= 0.3 is 0 Å². The highest BCUT2D eigenvalue weighted by Crippen LogP contribution is 2.24. The van der Waals surface area contributed by atoms with Crippen LogP contribution in [0.4, 0.5) is 5.69 Å². The van der Waals surface area contributed by atoms with Crippen molar-refractivity contribution in [3.8, 4) is 11.1 Å². The maximum atomic E-state index is 12.3. The first-order valence-electron chi connectivity index (χ1n) is 8.05. The van der Waals surface area contributed by atoms with Crippen molar-refractivity contribution in [3.63, 3.8) is 0 Å². The number of anilines is 1. The van der Waals surface area contributed by atoms with Crippen LogP contribution in [0, 0.1) is 0 Å². The number of rotatable bonds is 4. The van der Waals surface area contributed by atoms with Gasteiger partial charge in [-0.25, -0.2) is 0 Å². The smallest absolute Gasteiger partial charge is 0.248 e. The van der Waals surface area contributed by atoms with Gasteiger partial charge in [0.2, 0.25) is 5.91 Å². The summed E-state index contributed by atoms with van der Waals surface area (Å²) in [6, 6.07) is 7.51. The lowest BCUT2D eigenvalue weighted by atomic mass is 10.0. The summed E-state index contributed by atoms with van der Waals surface area (Å²) < 4.78 is 1.74. The van der Waals surface area contributed by atoms with Crippen LogP contribution in [0.2, 0.25) is 0 Å². The number of amides is 1. The SMILES string of the molecule is Cn1cc(-c2ccncc2/C=C/C(=O)Nc2cccc3[nH]ncc23)cn1. The van der Waals surface area contributed by atoms with E-state index in [1.54, 1.807) is 35.5 Å². The standard InChI is InChI=1S/C19H16N6O/c1-25-12-14(10-22-25)15-7-8-20-9-13(15)5-6-19(26)23-17-3-2-4-18-16(17)11-21-24-18/h2-12H,1H3,(H,21,24)(H,23,26)/b6-5+. The van der Waals surface area contributed by atoms with Crippen molar-refractivity contribution in [2.75, 3.05) is 5.32 Å². The van der Waals surface area contributed by atoms with Crippen LogP contribution in [0.15, 0.2) is 61.3 Å². The molecular weight excluding hydrogens is 328 g/mol. The lowest BCUT2D eigenvalue weighted by Gasteiger charge is -2.04. The predicted octanol–water partition coefficient (Wildman–Crippen LogP) is 3.01. The number of hydrogen-bond acceptors (Lipinski definition) is 4. The number of hydrogen-bond donors (Lipinski definition) is 2. The third kappa shape index (κ3) is 3.10. The minimum absolute atomic E-state index is 0.223. The minimum Gasteiger partial charge on any atom is -0.322 e. The zero-order valence-corrected chi connectivity index (χ0v) is 14.0. The molecule has 0 aliphatic rings. The first-order chi connectivity index (χ1) is 12.7. The number of aryl methyl sites for hydroxylation is 1. The van der Waals surface area contributed by atoms with Crippen molar-refractivity contribution < 1.29 is 4.79 Å². The number of nitrogens with one attached hydrogen (secondary N) is 2. The minimum atomic E-state index is -0.223. The summed E-state index contributed by atoms with van der Waals surface area (Å²) in [6.07, 6.45) is 12.1. The number of benzene rings is 1. The van der Waals surface area contributed by atoms with Gasteiger partial charge in [0.1, 0.15) is 0 Å². The van der Waals surface area contributed by atoms with E-state index in [2.05, 4.69) is 25.6 Å². The third-order valence-corrected chi connectivity index (χ3v) is 4.02. The molecule has 0 bridgehead atoms. The van der Waals surface area contributed by atoms with Gasteiger partial charge in [-0.3, -0.25) is 19.6 Å². The lowest BCUT2D eigenvalue weighted by Crippen LogP contribution is -2.07. The Bertz CT molecular complexity index is 1110. The Kier molecular flexibility index (Phi) is 4.03. The Morgan fingerprint density at radius 3 is 3.00 bits per heavy atom. The van der Waals surface area contributed by atoms with Crippen LogP contribution >= 0.6 is 0 Å². The van der Waals surface area contributed by atoms with Gasteiger partial charge in [-0.05, 0) is 29.8 Å². The summed E-state index contributed by atoms with van der Waals surface area (Å²) in [5, 5.41) is 14.8. The van der Waals surface area contributed by atoms with Crippen molar-refractivity contribution in [3.05, 3.63) is 66.9 Å². The summed E-state index contributed by atoms with van der Waals surface area (Å²) in [4.78, 5) is 16.5. The van der Waals surface area contributed by atoms with Gasteiger partial charge in [-0.15, -0.1) is 0 Å². The van der Waals surface area contributed by atoms with Gasteiger partial charge in [-0.2, -0.15) is 10.2 Å². The number of pyridine rings is 1. The molecule has 7 heteroatoms. The number of aromatic amines is 1. The molecule has 4 aromatic rings. The summed E-state index contributed by atoms with van der Waals surface area (Å²) in [7, 11) is 1.87. The lowest BCUT2D eigenvalue weighted by molar-refractivity contribution is -0.111. The average Bonchev–Trinajstić information content (AvgIpc) is 3.30. The maximum absolute atomic E-state index is 12.3. The number of carbonyl (C=O) groups is 1. The van der Waals surface area contributed by atoms with E-state index in [1.807, 2.05) is 37.5 Å². The molecule has 0 spiro atoms. The van der Waals surface area contributed by atoms with Crippen molar-refractivity contribution in [1.82, 2.24) is 25.0 Å². The van der Waals surface area contributed by atoms with Crippen LogP contribution < -0.4 is 5.32 Å². The molecule has 0 fully saturated rings. The second kappa shape index (κ2) is 6.64. The molecule has 1 amide bonds. The molecule has 0 atom stereocenters. The number of fused-ring (bicyclic) bond motifs is 1. The Balaban J connectivity index is 1.57. The second-order valence-corrected chi connectivity index (χ2v) is 5.83. The second-order valence-electron chi connectivity index (χ2n) is 5.83. The molecule has 2 N–H and O–H groups in total. The molecule has 1 aromatic carbocycles. The topological polar surface area (TPSA) is 88.5 Å². The first-order valence-corrected chi connectivity index (χ1v) is 8.05. The number of nitrogens with zero attached hydrogens (tertiary/aromatic N) is 4. The van der Waals surface area contributed by atoms with E-state index in [1.165, 1.54) is 6.08 Å². The Morgan fingerprint density at radius 2 is 2.15 bits per heavy atom. The van der Waals surface area contributed by atoms with Crippen LogP contribution in [-0.2, 0) is 11.8 Å². The van der Waals surface area contributed by atoms with Crippen LogP contribution in [-0.4, -0.2) is 30.9 Å². The molecule has 128 valence electrons. The molecule has 26 heavy (non-hydrogen) atoms. The van der Waals surface area contributed by atoms with Gasteiger partial charge < -0.3 is 5.32 Å².